The smallest absolute Gasteiger partial charge is 0.354 e. The van der Waals surface area contributed by atoms with Crippen molar-refractivity contribution in [1.29, 1.82) is 0 Å². The number of nitrogens with two attached hydrogens (primary N) is 1. The summed E-state index contributed by atoms with van der Waals surface area (Å²) >= 11 is 6.10. The second-order valence-electron chi connectivity index (χ2n) is 10.3. The van der Waals surface area contributed by atoms with Crippen molar-refractivity contribution in [2.45, 2.75) is 84.2 Å². The van der Waals surface area contributed by atoms with E-state index < -0.39 is 13.4 Å². The Kier molecular flexibility index (Phi) is 5.67. The van der Waals surface area contributed by atoms with Crippen LogP contribution in [-0.2, 0) is 23.1 Å². The zero-order valence-electron chi connectivity index (χ0n) is 20.1. The second kappa shape index (κ2) is 7.98. The van der Waals surface area contributed by atoms with E-state index in [4.69, 9.17) is 35.9 Å². The largest absolute Gasteiger partial charge is 0.382 e. The molecule has 3 aliphatic rings. The van der Waals surface area contributed by atoms with Crippen molar-refractivity contribution in [3.8, 4) is 0 Å². The number of nitrogen functional groups attached to an aromatic ring is 1. The van der Waals surface area contributed by atoms with Crippen molar-refractivity contribution in [3.05, 3.63) is 23.5 Å². The predicted octanol–water partition coefficient (Wildman–Crippen LogP) is 4.70. The molecule has 0 radical (unpaired) electrons. The van der Waals surface area contributed by atoms with Gasteiger partial charge in [0.25, 0.3) is 0 Å². The quantitative estimate of drug-likeness (QED) is 0.416. The van der Waals surface area contributed by atoms with Crippen LogP contribution in [0.1, 0.15) is 54.0 Å². The molecule has 1 saturated heterocycles. The van der Waals surface area contributed by atoms with E-state index in [1.165, 1.54) is 0 Å². The Bertz CT molecular complexity index is 1190. The number of rotatable bonds is 7. The number of nitrogens with zero attached hydrogens (tertiary/aromatic N) is 4. The SMILES string of the molecule is CC(C)OP(=O)(/C=C/C12C[C@@H]1[C@@H](n1cnc3c(N)nc(Cl)nc31)[C@@H]1OC(C)(C)O[C@@H]12)OC(C)C. The van der Waals surface area contributed by atoms with E-state index >= 15 is 0 Å². The summed E-state index contributed by atoms with van der Waals surface area (Å²) in [6.45, 7) is 11.1. The highest BCUT2D eigenvalue weighted by atomic mass is 35.5. The molecule has 3 heterocycles. The molecule has 0 bridgehead atoms. The summed E-state index contributed by atoms with van der Waals surface area (Å²) in [6, 6.07) is -0.122. The maximum absolute atomic E-state index is 13.5. The van der Waals surface area contributed by atoms with Gasteiger partial charge in [-0.2, -0.15) is 9.97 Å². The van der Waals surface area contributed by atoms with Crippen LogP contribution in [0.4, 0.5) is 5.82 Å². The highest BCUT2D eigenvalue weighted by molar-refractivity contribution is 7.57. The van der Waals surface area contributed by atoms with E-state index in [-0.39, 0.29) is 52.9 Å². The molecule has 12 heteroatoms. The first kappa shape index (κ1) is 24.2. The van der Waals surface area contributed by atoms with Gasteiger partial charge >= 0.3 is 7.60 Å². The van der Waals surface area contributed by atoms with Gasteiger partial charge in [-0.15, -0.1) is 0 Å². The molecule has 2 saturated carbocycles. The minimum atomic E-state index is -3.45. The molecule has 186 valence electrons. The molecule has 0 aromatic carbocycles. The van der Waals surface area contributed by atoms with Gasteiger partial charge < -0.3 is 28.8 Å². The standard InChI is InChI=1S/C22H31ClN5O5P/c1-11(2)32-34(29,33-12(3)4)8-7-22-9-13(22)15(16-17(22)31-21(5,6)30-16)28-10-25-14-18(24)26-20(23)27-19(14)28/h7-8,10-13,15-17H,9H2,1-6H3,(H2,24,26,27)/b8-7+/t13-,15-,16+,17+,22?/m1/s1. The first-order valence-corrected chi connectivity index (χ1v) is 13.5. The fourth-order valence-corrected chi connectivity index (χ4v) is 7.45. The molecule has 0 spiro atoms. The zero-order chi connectivity index (χ0) is 24.6. The molecule has 2 aromatic heterocycles. The number of ether oxygens (including phenoxy) is 2. The Morgan fingerprint density at radius 3 is 2.56 bits per heavy atom. The minimum absolute atomic E-state index is 0.0600. The van der Waals surface area contributed by atoms with Crippen LogP contribution in [0.3, 0.4) is 0 Å². The highest BCUT2D eigenvalue weighted by Gasteiger charge is 2.75. The summed E-state index contributed by atoms with van der Waals surface area (Å²) < 4.78 is 39.6. The Morgan fingerprint density at radius 2 is 1.91 bits per heavy atom. The van der Waals surface area contributed by atoms with Gasteiger partial charge in [-0.1, -0.05) is 6.08 Å². The molecule has 10 nitrogen and oxygen atoms in total. The summed E-state index contributed by atoms with van der Waals surface area (Å²) in [5.41, 5.74) is 6.70. The number of anilines is 1. The number of hydrogen-bond donors (Lipinski definition) is 1. The van der Waals surface area contributed by atoms with Crippen LogP contribution in [0.25, 0.3) is 11.2 Å². The molecule has 34 heavy (non-hydrogen) atoms. The topological polar surface area (TPSA) is 124 Å². The summed E-state index contributed by atoms with van der Waals surface area (Å²) in [4.78, 5) is 12.8. The molecule has 5 atom stereocenters. The first-order chi connectivity index (χ1) is 15.8. The molecular formula is C22H31ClN5O5P. The Balaban J connectivity index is 1.54. The van der Waals surface area contributed by atoms with Crippen LogP contribution in [0.2, 0.25) is 5.28 Å². The van der Waals surface area contributed by atoms with Crippen LogP contribution in [0.15, 0.2) is 18.2 Å². The van der Waals surface area contributed by atoms with Gasteiger partial charge in [-0.05, 0) is 65.5 Å². The van der Waals surface area contributed by atoms with E-state index in [1.807, 2.05) is 52.2 Å². The van der Waals surface area contributed by atoms with Crippen LogP contribution in [-0.4, -0.2) is 49.7 Å². The Labute approximate surface area is 203 Å². The number of halogens is 1. The molecule has 1 aliphatic heterocycles. The lowest BCUT2D eigenvalue weighted by atomic mass is 9.99. The van der Waals surface area contributed by atoms with E-state index in [9.17, 15) is 4.57 Å². The number of imidazole rings is 1. The summed E-state index contributed by atoms with van der Waals surface area (Å²) in [6.07, 6.45) is 3.49. The van der Waals surface area contributed by atoms with Gasteiger partial charge in [0, 0.05) is 11.2 Å². The van der Waals surface area contributed by atoms with Gasteiger partial charge in [0.1, 0.15) is 11.6 Å². The molecule has 2 aromatic rings. The molecule has 3 fully saturated rings. The summed E-state index contributed by atoms with van der Waals surface area (Å²) in [7, 11) is -3.45. The fourth-order valence-electron chi connectivity index (χ4n) is 5.45. The van der Waals surface area contributed by atoms with E-state index in [2.05, 4.69) is 15.0 Å². The van der Waals surface area contributed by atoms with E-state index in [0.29, 0.717) is 11.2 Å². The van der Waals surface area contributed by atoms with Crippen molar-refractivity contribution in [1.82, 2.24) is 19.5 Å². The Hall–Kier alpha value is -1.55. The number of fused-ring (bicyclic) bond motifs is 4. The van der Waals surface area contributed by atoms with Crippen molar-refractivity contribution >= 4 is 36.2 Å². The highest BCUT2D eigenvalue weighted by Crippen LogP contribution is 2.73. The fraction of sp³-hybridized carbons (Fsp3) is 0.682. The zero-order valence-corrected chi connectivity index (χ0v) is 21.8. The maximum atomic E-state index is 13.5. The lowest BCUT2D eigenvalue weighted by Crippen LogP contribution is -2.31. The van der Waals surface area contributed by atoms with Crippen LogP contribution < -0.4 is 5.73 Å². The van der Waals surface area contributed by atoms with Gasteiger partial charge in [0.05, 0.1) is 30.7 Å². The third-order valence-electron chi connectivity index (χ3n) is 6.54. The number of aromatic nitrogens is 4. The monoisotopic (exact) mass is 511 g/mol. The third-order valence-corrected chi connectivity index (χ3v) is 8.65. The molecule has 0 amide bonds. The first-order valence-electron chi connectivity index (χ1n) is 11.5. The third kappa shape index (κ3) is 3.98. The van der Waals surface area contributed by atoms with E-state index in [0.717, 1.165) is 6.42 Å². The normalized spacial score (nSPS) is 32.3. The predicted molar refractivity (Wildman–Crippen MR) is 127 cm³/mol. The summed E-state index contributed by atoms with van der Waals surface area (Å²) in [5.74, 6) is 1.21. The molecule has 1 unspecified atom stereocenters. The van der Waals surface area contributed by atoms with Crippen molar-refractivity contribution in [3.63, 3.8) is 0 Å². The lowest BCUT2D eigenvalue weighted by Gasteiger charge is -2.24. The van der Waals surface area contributed by atoms with E-state index in [1.54, 1.807) is 12.1 Å². The molecule has 2 N–H and O–H groups in total. The van der Waals surface area contributed by atoms with Gasteiger partial charge in [-0.3, -0.25) is 4.57 Å². The molecule has 2 aliphatic carbocycles. The lowest BCUT2D eigenvalue weighted by molar-refractivity contribution is -0.159. The average Bonchev–Trinajstić information content (AvgIpc) is 2.95. The van der Waals surface area contributed by atoms with Crippen LogP contribution in [0, 0.1) is 11.3 Å². The minimum Gasteiger partial charge on any atom is -0.382 e. The van der Waals surface area contributed by atoms with Gasteiger partial charge in [-0.25, -0.2) is 4.98 Å². The number of hydrogen-bond acceptors (Lipinski definition) is 9. The van der Waals surface area contributed by atoms with Crippen molar-refractivity contribution in [2.24, 2.45) is 11.3 Å². The van der Waals surface area contributed by atoms with Gasteiger partial charge in [0.15, 0.2) is 17.3 Å². The molecular weight excluding hydrogens is 481 g/mol. The average molecular weight is 512 g/mol. The summed E-state index contributed by atoms with van der Waals surface area (Å²) in [5, 5.41) is 0.0600. The van der Waals surface area contributed by atoms with Crippen LogP contribution >= 0.6 is 19.2 Å². The van der Waals surface area contributed by atoms with Gasteiger partial charge in [0.2, 0.25) is 5.28 Å². The van der Waals surface area contributed by atoms with Crippen molar-refractivity contribution in [2.75, 3.05) is 5.73 Å². The van der Waals surface area contributed by atoms with Crippen molar-refractivity contribution < 1.29 is 23.1 Å². The Morgan fingerprint density at radius 1 is 1.24 bits per heavy atom. The maximum Gasteiger partial charge on any atom is 0.354 e. The second-order valence-corrected chi connectivity index (χ2v) is 12.4. The van der Waals surface area contributed by atoms with Crippen LogP contribution in [0.5, 0.6) is 0 Å². The molecule has 5 rings (SSSR count).